The first-order chi connectivity index (χ1) is 18.0. The van der Waals surface area contributed by atoms with Crippen LogP contribution in [0.25, 0.3) is 10.9 Å². The number of carbonyl (C=O) groups excluding carboxylic acids is 2. The summed E-state index contributed by atoms with van der Waals surface area (Å²) in [4.78, 5) is 35.4. The van der Waals surface area contributed by atoms with Gasteiger partial charge in [-0.15, -0.1) is 0 Å². The summed E-state index contributed by atoms with van der Waals surface area (Å²) in [6.07, 6.45) is 7.00. The molecule has 1 saturated carbocycles. The smallest absolute Gasteiger partial charge is 0.411 e. The Labute approximate surface area is 218 Å². The van der Waals surface area contributed by atoms with Gasteiger partial charge in [0.25, 0.3) is 0 Å². The lowest BCUT2D eigenvalue weighted by Gasteiger charge is -2.21. The second kappa shape index (κ2) is 13.0. The Morgan fingerprint density at radius 2 is 1.62 bits per heavy atom. The third-order valence-electron chi connectivity index (χ3n) is 6.75. The second-order valence-electron chi connectivity index (χ2n) is 9.39. The first kappa shape index (κ1) is 26.3. The van der Waals surface area contributed by atoms with Crippen LogP contribution in [0, 0.1) is 5.92 Å². The Balaban J connectivity index is 1.38. The van der Waals surface area contributed by atoms with Crippen molar-refractivity contribution in [1.29, 1.82) is 0 Å². The third-order valence-corrected chi connectivity index (χ3v) is 6.75. The van der Waals surface area contributed by atoms with Crippen LogP contribution in [0.15, 0.2) is 48.8 Å². The predicted molar refractivity (Wildman–Crippen MR) is 147 cm³/mol. The molecule has 0 unspecified atom stereocenters. The normalized spacial score (nSPS) is 13.9. The highest BCUT2D eigenvalue weighted by molar-refractivity contribution is 5.96. The van der Waals surface area contributed by atoms with Crippen molar-refractivity contribution in [2.45, 2.75) is 46.0 Å². The van der Waals surface area contributed by atoms with Gasteiger partial charge in [0.2, 0.25) is 5.91 Å². The molecule has 2 aromatic carbocycles. The number of nitrogens with zero attached hydrogens (tertiary/aromatic N) is 3. The molecule has 0 aliphatic heterocycles. The molecule has 3 aromatic rings. The number of fused-ring (bicyclic) bond motifs is 1. The number of carbonyl (C=O) groups is 2. The monoisotopic (exact) mass is 504 g/mol. The molecular formula is C28H36N6O3. The van der Waals surface area contributed by atoms with E-state index in [0.717, 1.165) is 48.2 Å². The van der Waals surface area contributed by atoms with E-state index >= 15 is 0 Å². The van der Waals surface area contributed by atoms with E-state index in [1.165, 1.54) is 25.6 Å². The van der Waals surface area contributed by atoms with Gasteiger partial charge in [-0.1, -0.05) is 33.1 Å². The molecule has 4 rings (SSSR count). The molecule has 3 N–H and O–H groups in total. The molecule has 0 saturated heterocycles. The highest BCUT2D eigenvalue weighted by Gasteiger charge is 2.16. The maximum Gasteiger partial charge on any atom is 0.411 e. The van der Waals surface area contributed by atoms with Crippen molar-refractivity contribution in [2.24, 2.45) is 5.92 Å². The quantitative estimate of drug-likeness (QED) is 0.321. The molecule has 9 nitrogen and oxygen atoms in total. The summed E-state index contributed by atoms with van der Waals surface area (Å²) in [5.74, 6) is 1.04. The van der Waals surface area contributed by atoms with Crippen molar-refractivity contribution < 1.29 is 14.3 Å². The highest BCUT2D eigenvalue weighted by Crippen LogP contribution is 2.27. The van der Waals surface area contributed by atoms with Crippen molar-refractivity contribution in [1.82, 2.24) is 14.9 Å². The standard InChI is InChI=1S/C28H36N6O3/c1-3-34(4-2)17-26(35)31-21-10-12-22(13-11-21)32-27-24-16-23(14-15-25(24)29-19-30-27)33-28(36)37-18-20-8-6-5-7-9-20/h10-16,19-20H,3-9,17-18H2,1-2H3,(H,31,35)(H,33,36)(H,29,30,32). The zero-order valence-corrected chi connectivity index (χ0v) is 21.6. The number of hydrogen-bond acceptors (Lipinski definition) is 7. The van der Waals surface area contributed by atoms with E-state index in [1.54, 1.807) is 6.07 Å². The minimum Gasteiger partial charge on any atom is -0.449 e. The van der Waals surface area contributed by atoms with E-state index in [-0.39, 0.29) is 5.91 Å². The summed E-state index contributed by atoms with van der Waals surface area (Å²) >= 11 is 0. The molecule has 1 aromatic heterocycles. The zero-order valence-electron chi connectivity index (χ0n) is 21.6. The van der Waals surface area contributed by atoms with Gasteiger partial charge in [0.05, 0.1) is 18.7 Å². The summed E-state index contributed by atoms with van der Waals surface area (Å²) in [5, 5.41) is 9.83. The average molecular weight is 505 g/mol. The summed E-state index contributed by atoms with van der Waals surface area (Å²) in [6, 6.07) is 12.9. The largest absolute Gasteiger partial charge is 0.449 e. The first-order valence-electron chi connectivity index (χ1n) is 13.1. The van der Waals surface area contributed by atoms with Crippen LogP contribution in [0.4, 0.5) is 27.7 Å². The summed E-state index contributed by atoms with van der Waals surface area (Å²) in [6.45, 7) is 6.57. The van der Waals surface area contributed by atoms with Crippen LogP contribution in [-0.4, -0.2) is 53.1 Å². The molecule has 196 valence electrons. The molecule has 1 aliphatic carbocycles. The van der Waals surface area contributed by atoms with Gasteiger partial charge in [0.1, 0.15) is 12.1 Å². The molecule has 1 heterocycles. The van der Waals surface area contributed by atoms with E-state index in [0.29, 0.717) is 30.6 Å². The summed E-state index contributed by atoms with van der Waals surface area (Å²) in [7, 11) is 0. The second-order valence-corrected chi connectivity index (χ2v) is 9.39. The van der Waals surface area contributed by atoms with Gasteiger partial charge in [-0.05, 0) is 74.3 Å². The van der Waals surface area contributed by atoms with Crippen LogP contribution < -0.4 is 16.0 Å². The number of rotatable bonds is 10. The Bertz CT molecular complexity index is 1190. The fraction of sp³-hybridized carbons (Fsp3) is 0.429. The number of amides is 2. The number of anilines is 4. The van der Waals surface area contributed by atoms with Crippen LogP contribution in [0.2, 0.25) is 0 Å². The fourth-order valence-corrected chi connectivity index (χ4v) is 4.56. The SMILES string of the molecule is CCN(CC)CC(=O)Nc1ccc(Nc2ncnc3ccc(NC(=O)OCC4CCCCC4)cc23)cc1. The molecule has 9 heteroatoms. The topological polar surface area (TPSA) is 108 Å². The van der Waals surface area contributed by atoms with Crippen molar-refractivity contribution in [3.63, 3.8) is 0 Å². The first-order valence-corrected chi connectivity index (χ1v) is 13.1. The fourth-order valence-electron chi connectivity index (χ4n) is 4.56. The maximum absolute atomic E-state index is 12.4. The maximum atomic E-state index is 12.4. The third kappa shape index (κ3) is 7.63. The molecule has 37 heavy (non-hydrogen) atoms. The Kier molecular flexibility index (Phi) is 9.26. The molecule has 1 fully saturated rings. The minimum absolute atomic E-state index is 0.0384. The van der Waals surface area contributed by atoms with Crippen LogP contribution in [0.3, 0.4) is 0 Å². The number of likely N-dealkylation sites (N-methyl/N-ethyl adjacent to an activating group) is 1. The molecule has 0 bridgehead atoms. The molecular weight excluding hydrogens is 468 g/mol. The van der Waals surface area contributed by atoms with Gasteiger partial charge in [0, 0.05) is 22.4 Å². The van der Waals surface area contributed by atoms with Crippen LogP contribution in [0.5, 0.6) is 0 Å². The predicted octanol–water partition coefficient (Wildman–Crippen LogP) is 5.78. The van der Waals surface area contributed by atoms with E-state index < -0.39 is 6.09 Å². The van der Waals surface area contributed by atoms with Crippen molar-refractivity contribution in [2.75, 3.05) is 42.2 Å². The number of aromatic nitrogens is 2. The van der Waals surface area contributed by atoms with Crippen molar-refractivity contribution in [3.8, 4) is 0 Å². The van der Waals surface area contributed by atoms with Crippen LogP contribution in [-0.2, 0) is 9.53 Å². The van der Waals surface area contributed by atoms with E-state index in [9.17, 15) is 9.59 Å². The molecule has 1 aliphatic rings. The van der Waals surface area contributed by atoms with E-state index in [4.69, 9.17) is 4.74 Å². The van der Waals surface area contributed by atoms with Gasteiger partial charge >= 0.3 is 6.09 Å². The lowest BCUT2D eigenvalue weighted by molar-refractivity contribution is -0.117. The zero-order chi connectivity index (χ0) is 26.0. The molecule has 0 atom stereocenters. The van der Waals surface area contributed by atoms with Gasteiger partial charge < -0.3 is 15.4 Å². The highest BCUT2D eigenvalue weighted by atomic mass is 16.5. The molecule has 0 spiro atoms. The summed E-state index contributed by atoms with van der Waals surface area (Å²) < 4.78 is 5.47. The number of benzene rings is 2. The number of ether oxygens (including phenoxy) is 1. The van der Waals surface area contributed by atoms with Crippen molar-refractivity contribution in [3.05, 3.63) is 48.8 Å². The van der Waals surface area contributed by atoms with Gasteiger partial charge in [-0.3, -0.25) is 15.0 Å². The van der Waals surface area contributed by atoms with Crippen LogP contribution in [0.1, 0.15) is 46.0 Å². The van der Waals surface area contributed by atoms with Gasteiger partial charge in [-0.25, -0.2) is 14.8 Å². The lowest BCUT2D eigenvalue weighted by Crippen LogP contribution is -2.32. The van der Waals surface area contributed by atoms with Crippen LogP contribution >= 0.6 is 0 Å². The van der Waals surface area contributed by atoms with E-state index in [1.807, 2.05) is 50.2 Å². The van der Waals surface area contributed by atoms with Crippen molar-refractivity contribution >= 4 is 45.8 Å². The molecule has 0 radical (unpaired) electrons. The Morgan fingerprint density at radius 3 is 2.35 bits per heavy atom. The van der Waals surface area contributed by atoms with Gasteiger partial charge in [0.15, 0.2) is 0 Å². The van der Waals surface area contributed by atoms with Gasteiger partial charge in [-0.2, -0.15) is 0 Å². The molecule has 2 amide bonds. The lowest BCUT2D eigenvalue weighted by atomic mass is 9.90. The Hall–Kier alpha value is -3.72. The summed E-state index contributed by atoms with van der Waals surface area (Å²) in [5.41, 5.74) is 2.91. The number of nitrogens with one attached hydrogen (secondary N) is 3. The average Bonchev–Trinajstić information content (AvgIpc) is 2.92. The Morgan fingerprint density at radius 1 is 0.919 bits per heavy atom. The van der Waals surface area contributed by atoms with E-state index in [2.05, 4.69) is 30.8 Å². The number of hydrogen-bond donors (Lipinski definition) is 3. The minimum atomic E-state index is -0.449.